The highest BCUT2D eigenvalue weighted by Crippen LogP contribution is 2.36. The van der Waals surface area contributed by atoms with Crippen LogP contribution in [0.2, 0.25) is 0 Å². The highest BCUT2D eigenvalue weighted by atomic mass is 79.9. The molecule has 9 nitrogen and oxygen atoms in total. The largest absolute Gasteiger partial charge is 0.490 e. The van der Waals surface area contributed by atoms with Crippen LogP contribution >= 0.6 is 15.9 Å². The van der Waals surface area contributed by atoms with Gasteiger partial charge in [0, 0.05) is 5.56 Å². The van der Waals surface area contributed by atoms with Gasteiger partial charge in [0.15, 0.2) is 18.1 Å². The van der Waals surface area contributed by atoms with E-state index in [4.69, 9.17) is 14.2 Å². The summed E-state index contributed by atoms with van der Waals surface area (Å²) < 4.78 is 16.6. The van der Waals surface area contributed by atoms with Crippen LogP contribution < -0.4 is 20.2 Å². The molecule has 2 amide bonds. The van der Waals surface area contributed by atoms with E-state index in [9.17, 15) is 14.4 Å². The molecule has 2 N–H and O–H groups in total. The zero-order chi connectivity index (χ0) is 25.8. The van der Waals surface area contributed by atoms with Crippen molar-refractivity contribution in [3.63, 3.8) is 0 Å². The number of carbonyl (C=O) groups is 3. The fourth-order valence-electron chi connectivity index (χ4n) is 2.99. The Morgan fingerprint density at radius 2 is 1.77 bits per heavy atom. The van der Waals surface area contributed by atoms with Crippen molar-refractivity contribution in [3.05, 3.63) is 58.1 Å². The lowest BCUT2D eigenvalue weighted by atomic mass is 10.0. The summed E-state index contributed by atoms with van der Waals surface area (Å²) in [6.45, 7) is 7.57. The van der Waals surface area contributed by atoms with E-state index in [0.717, 1.165) is 0 Å². The molecule has 35 heavy (non-hydrogen) atoms. The first kappa shape index (κ1) is 27.8. The highest BCUT2D eigenvalue weighted by molar-refractivity contribution is 9.10. The van der Waals surface area contributed by atoms with Crippen molar-refractivity contribution < 1.29 is 28.6 Å². The van der Waals surface area contributed by atoms with Crippen molar-refractivity contribution in [1.82, 2.24) is 10.7 Å². The number of nitrogens with one attached hydrogen (secondary N) is 2. The van der Waals surface area contributed by atoms with E-state index in [1.165, 1.54) is 6.21 Å². The topological polar surface area (TPSA) is 115 Å². The molecule has 0 saturated carbocycles. The first-order chi connectivity index (χ1) is 16.8. The van der Waals surface area contributed by atoms with Gasteiger partial charge >= 0.3 is 5.97 Å². The van der Waals surface area contributed by atoms with Gasteiger partial charge in [-0.15, -0.1) is 0 Å². The molecule has 0 aromatic heterocycles. The van der Waals surface area contributed by atoms with Crippen LogP contribution in [0, 0.1) is 5.92 Å². The van der Waals surface area contributed by atoms with Gasteiger partial charge in [0.05, 0.1) is 23.9 Å². The molecule has 10 heteroatoms. The van der Waals surface area contributed by atoms with Gasteiger partial charge in [-0.1, -0.05) is 32.0 Å². The van der Waals surface area contributed by atoms with Gasteiger partial charge in [-0.2, -0.15) is 5.10 Å². The van der Waals surface area contributed by atoms with E-state index in [2.05, 4.69) is 31.8 Å². The second-order valence-electron chi connectivity index (χ2n) is 7.65. The molecule has 2 aromatic rings. The van der Waals surface area contributed by atoms with Crippen LogP contribution in [0.1, 0.15) is 43.6 Å². The summed E-state index contributed by atoms with van der Waals surface area (Å²) >= 11 is 3.42. The fourth-order valence-corrected chi connectivity index (χ4v) is 3.56. The van der Waals surface area contributed by atoms with E-state index in [0.29, 0.717) is 33.7 Å². The third-order valence-corrected chi connectivity index (χ3v) is 5.22. The van der Waals surface area contributed by atoms with Gasteiger partial charge in [-0.25, -0.2) is 10.2 Å². The number of hydrazone groups is 1. The SMILES string of the molecule is CCOC(=O)COc1c(Br)cc(/C=N/NC(=O)C(NC(=O)c2ccccc2)C(C)C)cc1OCC. The molecular formula is C25H30BrN3O6. The lowest BCUT2D eigenvalue weighted by Gasteiger charge is -2.20. The summed E-state index contributed by atoms with van der Waals surface area (Å²) in [5.41, 5.74) is 3.55. The molecule has 188 valence electrons. The van der Waals surface area contributed by atoms with E-state index in [1.54, 1.807) is 43.3 Å². The van der Waals surface area contributed by atoms with Crippen LogP contribution in [-0.4, -0.2) is 49.9 Å². The number of amides is 2. The van der Waals surface area contributed by atoms with E-state index in [1.807, 2.05) is 26.8 Å². The molecule has 2 aromatic carbocycles. The Morgan fingerprint density at radius 1 is 1.06 bits per heavy atom. The Hall–Kier alpha value is -3.40. The minimum atomic E-state index is -0.774. The first-order valence-electron chi connectivity index (χ1n) is 11.2. The minimum Gasteiger partial charge on any atom is -0.490 e. The van der Waals surface area contributed by atoms with Crippen LogP contribution in [0.4, 0.5) is 0 Å². The quantitative estimate of drug-likeness (QED) is 0.238. The van der Waals surface area contributed by atoms with E-state index < -0.39 is 17.9 Å². The molecule has 0 aliphatic heterocycles. The Morgan fingerprint density at radius 3 is 2.40 bits per heavy atom. The van der Waals surface area contributed by atoms with Gasteiger partial charge in [-0.05, 0) is 65.5 Å². The second kappa shape index (κ2) is 14.1. The van der Waals surface area contributed by atoms with Crippen molar-refractivity contribution in [2.24, 2.45) is 11.0 Å². The number of hydrogen-bond acceptors (Lipinski definition) is 7. The highest BCUT2D eigenvalue weighted by Gasteiger charge is 2.24. The summed E-state index contributed by atoms with van der Waals surface area (Å²) in [5, 5.41) is 6.78. The van der Waals surface area contributed by atoms with Gasteiger partial charge in [0.25, 0.3) is 11.8 Å². The molecule has 0 aliphatic carbocycles. The van der Waals surface area contributed by atoms with Crippen LogP contribution in [-0.2, 0) is 14.3 Å². The lowest BCUT2D eigenvalue weighted by Crippen LogP contribution is -2.48. The molecule has 0 heterocycles. The number of halogens is 1. The second-order valence-corrected chi connectivity index (χ2v) is 8.51. The third-order valence-electron chi connectivity index (χ3n) is 4.63. The van der Waals surface area contributed by atoms with Crippen molar-refractivity contribution in [1.29, 1.82) is 0 Å². The number of esters is 1. The van der Waals surface area contributed by atoms with Gasteiger partial charge < -0.3 is 19.5 Å². The van der Waals surface area contributed by atoms with Crippen LogP contribution in [0.5, 0.6) is 11.5 Å². The summed E-state index contributed by atoms with van der Waals surface area (Å²) in [5.74, 6) is -0.688. The zero-order valence-electron chi connectivity index (χ0n) is 20.2. The Labute approximate surface area is 213 Å². The maximum atomic E-state index is 12.7. The van der Waals surface area contributed by atoms with Crippen molar-refractivity contribution in [2.45, 2.75) is 33.7 Å². The standard InChI is InChI=1S/C25H30BrN3O6/c1-5-33-20-13-17(12-19(26)23(20)35-15-21(30)34-6-2)14-27-29-25(32)22(16(3)4)28-24(31)18-10-8-7-9-11-18/h7-14,16,22H,5-6,15H2,1-4H3,(H,28,31)(H,29,32)/b27-14+. The van der Waals surface area contributed by atoms with Crippen molar-refractivity contribution in [3.8, 4) is 11.5 Å². The van der Waals surface area contributed by atoms with Crippen LogP contribution in [0.3, 0.4) is 0 Å². The summed E-state index contributed by atoms with van der Waals surface area (Å²) in [7, 11) is 0. The summed E-state index contributed by atoms with van der Waals surface area (Å²) in [6.07, 6.45) is 1.44. The Balaban J connectivity index is 2.09. The smallest absolute Gasteiger partial charge is 0.344 e. The lowest BCUT2D eigenvalue weighted by molar-refractivity contribution is -0.145. The van der Waals surface area contributed by atoms with E-state index >= 15 is 0 Å². The number of rotatable bonds is 12. The van der Waals surface area contributed by atoms with Crippen LogP contribution in [0.15, 0.2) is 52.0 Å². The Bertz CT molecular complexity index is 1040. The number of benzene rings is 2. The maximum Gasteiger partial charge on any atom is 0.344 e. The number of nitrogens with zero attached hydrogens (tertiary/aromatic N) is 1. The molecule has 0 fully saturated rings. The molecule has 1 unspecified atom stereocenters. The Kier molecular flexibility index (Phi) is 11.2. The van der Waals surface area contributed by atoms with Gasteiger partial charge in [0.2, 0.25) is 0 Å². The molecule has 0 spiro atoms. The van der Waals surface area contributed by atoms with Crippen molar-refractivity contribution >= 4 is 39.9 Å². The fraction of sp³-hybridized carbons (Fsp3) is 0.360. The minimum absolute atomic E-state index is 0.160. The number of carbonyl (C=O) groups excluding carboxylic acids is 3. The summed E-state index contributed by atoms with van der Waals surface area (Å²) in [4.78, 5) is 36.8. The average molecular weight is 548 g/mol. The predicted molar refractivity (Wildman–Crippen MR) is 136 cm³/mol. The number of hydrogen-bond donors (Lipinski definition) is 2. The first-order valence-corrected chi connectivity index (χ1v) is 12.0. The van der Waals surface area contributed by atoms with Crippen molar-refractivity contribution in [2.75, 3.05) is 19.8 Å². The molecule has 0 radical (unpaired) electrons. The van der Waals surface area contributed by atoms with Gasteiger partial charge in [0.1, 0.15) is 6.04 Å². The molecular weight excluding hydrogens is 518 g/mol. The molecule has 0 saturated heterocycles. The number of ether oxygens (including phenoxy) is 3. The third kappa shape index (κ3) is 8.71. The predicted octanol–water partition coefficient (Wildman–Crippen LogP) is 3.69. The molecule has 0 bridgehead atoms. The average Bonchev–Trinajstić information content (AvgIpc) is 2.82. The van der Waals surface area contributed by atoms with E-state index in [-0.39, 0.29) is 25.0 Å². The summed E-state index contributed by atoms with van der Waals surface area (Å²) in [6, 6.07) is 11.3. The maximum absolute atomic E-state index is 12.7. The monoisotopic (exact) mass is 547 g/mol. The molecule has 1 atom stereocenters. The normalized spacial score (nSPS) is 11.7. The zero-order valence-corrected chi connectivity index (χ0v) is 21.8. The van der Waals surface area contributed by atoms with Crippen LogP contribution in [0.25, 0.3) is 0 Å². The molecule has 0 aliphatic rings. The van der Waals surface area contributed by atoms with Gasteiger partial charge in [-0.3, -0.25) is 9.59 Å². The molecule has 2 rings (SSSR count).